The lowest BCUT2D eigenvalue weighted by Crippen LogP contribution is -2.35. The number of carbonyl (C=O) groups excluding carboxylic acids is 2. The monoisotopic (exact) mass is 328 g/mol. The normalized spacial score (nSPS) is 10.3. The Labute approximate surface area is 128 Å². The molecular formula is C14H11F3N2O2S. The third-order valence-corrected chi connectivity index (χ3v) is 3.58. The van der Waals surface area contributed by atoms with Crippen LogP contribution in [-0.4, -0.2) is 24.9 Å². The second kappa shape index (κ2) is 7.08. The van der Waals surface area contributed by atoms with Crippen LogP contribution in [-0.2, 0) is 0 Å². The van der Waals surface area contributed by atoms with E-state index in [0.29, 0.717) is 17.0 Å². The van der Waals surface area contributed by atoms with Gasteiger partial charge in [-0.2, -0.15) is 0 Å². The number of nitrogens with one attached hydrogen (secondary N) is 2. The molecule has 4 nitrogen and oxygen atoms in total. The summed E-state index contributed by atoms with van der Waals surface area (Å²) in [5.41, 5.74) is -0.982. The fourth-order valence-electron chi connectivity index (χ4n) is 1.67. The smallest absolute Gasteiger partial charge is 0.261 e. The molecule has 22 heavy (non-hydrogen) atoms. The van der Waals surface area contributed by atoms with Crippen molar-refractivity contribution in [2.24, 2.45) is 0 Å². The first-order valence-electron chi connectivity index (χ1n) is 6.24. The van der Waals surface area contributed by atoms with Crippen molar-refractivity contribution in [1.29, 1.82) is 0 Å². The van der Waals surface area contributed by atoms with Crippen LogP contribution in [0.25, 0.3) is 0 Å². The van der Waals surface area contributed by atoms with Crippen molar-refractivity contribution in [3.63, 3.8) is 0 Å². The second-order valence-electron chi connectivity index (χ2n) is 4.21. The summed E-state index contributed by atoms with van der Waals surface area (Å²) in [7, 11) is 0. The summed E-state index contributed by atoms with van der Waals surface area (Å²) in [4.78, 5) is 23.7. The molecule has 0 atom stereocenters. The molecule has 1 aromatic heterocycles. The highest BCUT2D eigenvalue weighted by atomic mass is 32.1. The minimum absolute atomic E-state index is 0.0503. The summed E-state index contributed by atoms with van der Waals surface area (Å²) in [5, 5.41) is 6.48. The maximum Gasteiger partial charge on any atom is 0.261 e. The molecule has 0 spiro atoms. The molecule has 0 saturated heterocycles. The van der Waals surface area contributed by atoms with E-state index in [9.17, 15) is 22.8 Å². The number of halogens is 3. The van der Waals surface area contributed by atoms with Crippen molar-refractivity contribution in [2.45, 2.75) is 0 Å². The van der Waals surface area contributed by atoms with Gasteiger partial charge in [0.15, 0.2) is 11.6 Å². The number of hydrogen-bond acceptors (Lipinski definition) is 3. The Morgan fingerprint density at radius 2 is 1.59 bits per heavy atom. The quantitative estimate of drug-likeness (QED) is 0.654. The molecule has 0 bridgehead atoms. The summed E-state index contributed by atoms with van der Waals surface area (Å²) in [5.74, 6) is -5.40. The fourth-order valence-corrected chi connectivity index (χ4v) is 2.31. The Morgan fingerprint density at radius 3 is 2.23 bits per heavy atom. The molecule has 2 amide bonds. The van der Waals surface area contributed by atoms with Crippen molar-refractivity contribution in [2.75, 3.05) is 13.1 Å². The minimum Gasteiger partial charge on any atom is -0.350 e. The maximum absolute atomic E-state index is 13.4. The summed E-state index contributed by atoms with van der Waals surface area (Å²) < 4.78 is 39.8. The summed E-state index contributed by atoms with van der Waals surface area (Å²) >= 11 is 1.26. The average Bonchev–Trinajstić information content (AvgIpc) is 3.02. The zero-order valence-corrected chi connectivity index (χ0v) is 12.0. The van der Waals surface area contributed by atoms with Crippen LogP contribution in [0.1, 0.15) is 20.0 Å². The third-order valence-electron chi connectivity index (χ3n) is 2.71. The van der Waals surface area contributed by atoms with Gasteiger partial charge in [0.1, 0.15) is 11.4 Å². The molecule has 8 heteroatoms. The fraction of sp³-hybridized carbons (Fsp3) is 0.143. The van der Waals surface area contributed by atoms with E-state index in [1.807, 2.05) is 0 Å². The van der Waals surface area contributed by atoms with Crippen LogP contribution in [0.3, 0.4) is 0 Å². The van der Waals surface area contributed by atoms with Crippen LogP contribution in [0.5, 0.6) is 0 Å². The summed E-state index contributed by atoms with van der Waals surface area (Å²) in [6, 6.07) is 4.63. The second-order valence-corrected chi connectivity index (χ2v) is 5.15. The number of carbonyl (C=O) groups is 2. The minimum atomic E-state index is -1.54. The van der Waals surface area contributed by atoms with Crippen LogP contribution in [0.2, 0.25) is 0 Å². The van der Waals surface area contributed by atoms with Crippen LogP contribution in [0, 0.1) is 17.5 Å². The Hall–Kier alpha value is -2.35. The lowest BCUT2D eigenvalue weighted by Gasteiger charge is -2.08. The van der Waals surface area contributed by atoms with Crippen LogP contribution < -0.4 is 10.6 Å². The molecule has 0 aliphatic heterocycles. The molecule has 1 heterocycles. The van der Waals surface area contributed by atoms with Gasteiger partial charge >= 0.3 is 0 Å². The topological polar surface area (TPSA) is 58.2 Å². The Morgan fingerprint density at radius 1 is 0.955 bits per heavy atom. The molecule has 2 rings (SSSR count). The SMILES string of the molecule is O=C(NCCNC(=O)c1c(F)ccc(F)c1F)c1cccs1. The Balaban J connectivity index is 1.86. The van der Waals surface area contributed by atoms with E-state index < -0.39 is 28.9 Å². The first-order valence-corrected chi connectivity index (χ1v) is 7.12. The predicted octanol–water partition coefficient (Wildman–Crippen LogP) is 2.33. The van der Waals surface area contributed by atoms with E-state index in [4.69, 9.17) is 0 Å². The Bertz CT molecular complexity index is 690. The van der Waals surface area contributed by atoms with Crippen LogP contribution >= 0.6 is 11.3 Å². The molecule has 0 radical (unpaired) electrons. The van der Waals surface area contributed by atoms with Crippen molar-refractivity contribution in [3.05, 3.63) is 57.5 Å². The lowest BCUT2D eigenvalue weighted by molar-refractivity contribution is 0.0923. The number of hydrogen-bond donors (Lipinski definition) is 2. The van der Waals surface area contributed by atoms with E-state index in [1.165, 1.54) is 11.3 Å². The molecule has 0 aliphatic rings. The first kappa shape index (κ1) is 16.0. The zero-order chi connectivity index (χ0) is 16.1. The molecular weight excluding hydrogens is 317 g/mol. The first-order chi connectivity index (χ1) is 10.5. The van der Waals surface area contributed by atoms with Crippen molar-refractivity contribution in [1.82, 2.24) is 10.6 Å². The standard InChI is InChI=1S/C14H11F3N2O2S/c15-8-3-4-9(16)12(17)11(8)14(21)19-6-5-18-13(20)10-2-1-7-22-10/h1-4,7H,5-6H2,(H,18,20)(H,19,21). The van der Waals surface area contributed by atoms with Gasteiger partial charge < -0.3 is 10.6 Å². The van der Waals surface area contributed by atoms with Gasteiger partial charge in [0.05, 0.1) is 4.88 Å². The molecule has 0 fully saturated rings. The third kappa shape index (κ3) is 3.64. The molecule has 1 aromatic carbocycles. The van der Waals surface area contributed by atoms with Crippen LogP contribution in [0.4, 0.5) is 13.2 Å². The molecule has 0 unspecified atom stereocenters. The van der Waals surface area contributed by atoms with Gasteiger partial charge in [-0.15, -0.1) is 11.3 Å². The van der Waals surface area contributed by atoms with Crippen molar-refractivity contribution in [3.8, 4) is 0 Å². The van der Waals surface area contributed by atoms with Gasteiger partial charge in [0.25, 0.3) is 11.8 Å². The molecule has 116 valence electrons. The van der Waals surface area contributed by atoms with E-state index in [-0.39, 0.29) is 19.0 Å². The van der Waals surface area contributed by atoms with Crippen molar-refractivity contribution >= 4 is 23.2 Å². The predicted molar refractivity (Wildman–Crippen MR) is 75.3 cm³/mol. The highest BCUT2D eigenvalue weighted by molar-refractivity contribution is 7.12. The molecule has 2 N–H and O–H groups in total. The largest absolute Gasteiger partial charge is 0.350 e. The lowest BCUT2D eigenvalue weighted by atomic mass is 10.1. The van der Waals surface area contributed by atoms with Gasteiger partial charge in [0, 0.05) is 13.1 Å². The van der Waals surface area contributed by atoms with Gasteiger partial charge in [-0.05, 0) is 23.6 Å². The van der Waals surface area contributed by atoms with Gasteiger partial charge in [-0.25, -0.2) is 13.2 Å². The highest BCUT2D eigenvalue weighted by Gasteiger charge is 2.20. The van der Waals surface area contributed by atoms with Crippen LogP contribution in [0.15, 0.2) is 29.6 Å². The number of benzene rings is 1. The molecule has 0 aliphatic carbocycles. The van der Waals surface area contributed by atoms with Crippen molar-refractivity contribution < 1.29 is 22.8 Å². The summed E-state index contributed by atoms with van der Waals surface area (Å²) in [6.07, 6.45) is 0. The zero-order valence-electron chi connectivity index (χ0n) is 11.2. The summed E-state index contributed by atoms with van der Waals surface area (Å²) in [6.45, 7) is 0.0202. The highest BCUT2D eigenvalue weighted by Crippen LogP contribution is 2.15. The average molecular weight is 328 g/mol. The molecule has 0 saturated carbocycles. The van der Waals surface area contributed by atoms with E-state index >= 15 is 0 Å². The van der Waals surface area contributed by atoms with E-state index in [1.54, 1.807) is 17.5 Å². The Kier molecular flexibility index (Phi) is 5.16. The van der Waals surface area contributed by atoms with E-state index in [2.05, 4.69) is 10.6 Å². The van der Waals surface area contributed by atoms with Gasteiger partial charge in [-0.1, -0.05) is 6.07 Å². The number of thiophene rings is 1. The number of rotatable bonds is 5. The van der Waals surface area contributed by atoms with E-state index in [0.717, 1.165) is 0 Å². The van der Waals surface area contributed by atoms with Gasteiger partial charge in [0.2, 0.25) is 0 Å². The molecule has 2 aromatic rings. The maximum atomic E-state index is 13.4. The number of amides is 2. The van der Waals surface area contributed by atoms with Gasteiger partial charge in [-0.3, -0.25) is 9.59 Å².